The quantitative estimate of drug-likeness (QED) is 0.434. The maximum atomic E-state index is 12.3. The fourth-order valence-electron chi connectivity index (χ4n) is 2.90. The van der Waals surface area contributed by atoms with Crippen LogP contribution in [0.25, 0.3) is 15.5 Å². The number of benzene rings is 2. The lowest BCUT2D eigenvalue weighted by Crippen LogP contribution is -2.38. The number of nitrogens with zero attached hydrogens (tertiary/aromatic N) is 4. The zero-order chi connectivity index (χ0) is 21.8. The Morgan fingerprint density at radius 2 is 1.87 bits per heavy atom. The van der Waals surface area contributed by atoms with Gasteiger partial charge in [0, 0.05) is 24.1 Å². The lowest BCUT2D eigenvalue weighted by atomic mass is 10.1. The Labute approximate surface area is 188 Å². The first-order chi connectivity index (χ1) is 15.1. The number of methoxy groups -OCH3 is 1. The summed E-state index contributed by atoms with van der Waals surface area (Å²) in [6, 6.07) is 14.8. The number of aromatic nitrogens is 4. The molecule has 0 aliphatic carbocycles. The van der Waals surface area contributed by atoms with E-state index in [1.807, 2.05) is 31.2 Å². The van der Waals surface area contributed by atoms with Crippen LogP contribution in [0.1, 0.15) is 28.7 Å². The van der Waals surface area contributed by atoms with Gasteiger partial charge in [-0.3, -0.25) is 10.1 Å². The van der Waals surface area contributed by atoms with Gasteiger partial charge in [-0.2, -0.15) is 9.61 Å². The van der Waals surface area contributed by atoms with Gasteiger partial charge < -0.3 is 10.1 Å². The van der Waals surface area contributed by atoms with Crippen molar-refractivity contribution in [2.75, 3.05) is 7.11 Å². The molecule has 0 aliphatic heterocycles. The predicted molar refractivity (Wildman–Crippen MR) is 123 cm³/mol. The molecule has 0 fully saturated rings. The highest BCUT2D eigenvalue weighted by atomic mass is 32.1. The van der Waals surface area contributed by atoms with Gasteiger partial charge in [0.1, 0.15) is 10.8 Å². The van der Waals surface area contributed by atoms with Crippen LogP contribution in [-0.2, 0) is 13.0 Å². The van der Waals surface area contributed by atoms with Crippen molar-refractivity contribution in [3.05, 3.63) is 65.5 Å². The second-order valence-corrected chi connectivity index (χ2v) is 8.00. The van der Waals surface area contributed by atoms with Crippen LogP contribution in [0.15, 0.2) is 48.5 Å². The van der Waals surface area contributed by atoms with E-state index in [4.69, 9.17) is 17.0 Å². The molecule has 2 aromatic heterocycles. The molecule has 0 saturated heterocycles. The molecule has 4 rings (SSSR count). The second-order valence-electron chi connectivity index (χ2n) is 6.63. The van der Waals surface area contributed by atoms with Crippen molar-refractivity contribution in [2.45, 2.75) is 19.9 Å². The van der Waals surface area contributed by atoms with Crippen LogP contribution in [0.3, 0.4) is 0 Å². The summed E-state index contributed by atoms with van der Waals surface area (Å²) in [6.45, 7) is 2.52. The lowest BCUT2D eigenvalue weighted by molar-refractivity contribution is 0.0976. The lowest BCUT2D eigenvalue weighted by Gasteiger charge is -2.10. The van der Waals surface area contributed by atoms with E-state index in [2.05, 4.69) is 25.9 Å². The van der Waals surface area contributed by atoms with Crippen LogP contribution in [-0.4, -0.2) is 37.9 Å². The normalized spacial score (nSPS) is 10.8. The number of nitrogens with one attached hydrogen (secondary N) is 2. The molecule has 0 bridgehead atoms. The average Bonchev–Trinajstić information content (AvgIpc) is 3.39. The number of amides is 1. The number of aryl methyl sites for hydroxylation is 1. The van der Waals surface area contributed by atoms with Crippen LogP contribution < -0.4 is 15.4 Å². The topological polar surface area (TPSA) is 93.4 Å². The number of carbonyl (C=O) groups excluding carboxylic acids is 1. The van der Waals surface area contributed by atoms with Gasteiger partial charge in [0.05, 0.1) is 7.11 Å². The van der Waals surface area contributed by atoms with Crippen molar-refractivity contribution >= 4 is 39.5 Å². The number of rotatable bonds is 6. The molecule has 2 N–H and O–H groups in total. The Kier molecular flexibility index (Phi) is 6.19. The Hall–Kier alpha value is -3.37. The fraction of sp³-hybridized carbons (Fsp3) is 0.190. The maximum Gasteiger partial charge on any atom is 0.257 e. The van der Waals surface area contributed by atoms with E-state index < -0.39 is 0 Å². The number of fused-ring (bicyclic) bond motifs is 1. The van der Waals surface area contributed by atoms with E-state index in [-0.39, 0.29) is 11.0 Å². The SMILES string of the molecule is CCc1nnc2sc(-c3ccc(CNC(=S)NC(=O)c4ccc(OC)cc4)cc3)nn12. The van der Waals surface area contributed by atoms with Gasteiger partial charge in [0.2, 0.25) is 4.96 Å². The summed E-state index contributed by atoms with van der Waals surface area (Å²) >= 11 is 6.74. The molecule has 1 amide bonds. The van der Waals surface area contributed by atoms with Crippen LogP contribution in [0.2, 0.25) is 0 Å². The highest BCUT2D eigenvalue weighted by molar-refractivity contribution is 7.80. The third-order valence-corrected chi connectivity index (χ3v) is 5.80. The van der Waals surface area contributed by atoms with E-state index in [9.17, 15) is 4.79 Å². The molecule has 8 nitrogen and oxygen atoms in total. The summed E-state index contributed by atoms with van der Waals surface area (Å²) in [5, 5.41) is 19.8. The highest BCUT2D eigenvalue weighted by Crippen LogP contribution is 2.25. The molecule has 4 aromatic rings. The minimum absolute atomic E-state index is 0.269. The van der Waals surface area contributed by atoms with Crippen molar-refractivity contribution in [1.29, 1.82) is 0 Å². The molecule has 31 heavy (non-hydrogen) atoms. The van der Waals surface area contributed by atoms with Crippen LogP contribution in [0.4, 0.5) is 0 Å². The maximum absolute atomic E-state index is 12.3. The Morgan fingerprint density at radius 3 is 2.55 bits per heavy atom. The van der Waals surface area contributed by atoms with Crippen LogP contribution in [0, 0.1) is 0 Å². The average molecular weight is 453 g/mol. The molecule has 158 valence electrons. The van der Waals surface area contributed by atoms with E-state index in [1.165, 1.54) is 11.3 Å². The number of carbonyl (C=O) groups is 1. The molecular formula is C21H20N6O2S2. The zero-order valence-electron chi connectivity index (χ0n) is 17.0. The summed E-state index contributed by atoms with van der Waals surface area (Å²) in [7, 11) is 1.58. The number of hydrogen-bond acceptors (Lipinski definition) is 7. The molecule has 0 saturated carbocycles. The highest BCUT2D eigenvalue weighted by Gasteiger charge is 2.12. The molecule has 0 spiro atoms. The third kappa shape index (κ3) is 4.70. The van der Waals surface area contributed by atoms with Crippen molar-refractivity contribution < 1.29 is 9.53 Å². The standard InChI is InChI=1S/C21H20N6O2S2/c1-3-17-24-25-21-27(17)26-19(31-21)15-6-4-13(5-7-15)12-22-20(30)23-18(28)14-8-10-16(29-2)11-9-14/h4-11H,3,12H2,1-2H3,(H2,22,23,28,30). The van der Waals surface area contributed by atoms with Gasteiger partial charge in [-0.15, -0.1) is 10.2 Å². The summed E-state index contributed by atoms with van der Waals surface area (Å²) in [4.78, 5) is 13.1. The molecule has 0 unspecified atom stereocenters. The molecular weight excluding hydrogens is 432 g/mol. The summed E-state index contributed by atoms with van der Waals surface area (Å²) < 4.78 is 6.89. The van der Waals surface area contributed by atoms with E-state index in [0.29, 0.717) is 17.9 Å². The molecule has 0 radical (unpaired) electrons. The van der Waals surface area contributed by atoms with Gasteiger partial charge in [-0.1, -0.05) is 42.5 Å². The molecule has 2 aromatic carbocycles. The van der Waals surface area contributed by atoms with Gasteiger partial charge in [-0.05, 0) is 42.0 Å². The summed E-state index contributed by atoms with van der Waals surface area (Å²) in [6.07, 6.45) is 0.782. The minimum Gasteiger partial charge on any atom is -0.497 e. The van der Waals surface area contributed by atoms with Crippen molar-refractivity contribution in [2.24, 2.45) is 0 Å². The summed E-state index contributed by atoms with van der Waals surface area (Å²) in [5.74, 6) is 1.27. The Morgan fingerprint density at radius 1 is 1.13 bits per heavy atom. The Balaban J connectivity index is 1.33. The predicted octanol–water partition coefficient (Wildman–Crippen LogP) is 3.23. The van der Waals surface area contributed by atoms with Crippen molar-refractivity contribution in [3.63, 3.8) is 0 Å². The third-order valence-electron chi connectivity index (χ3n) is 4.60. The zero-order valence-corrected chi connectivity index (χ0v) is 18.6. The smallest absolute Gasteiger partial charge is 0.257 e. The van der Waals surface area contributed by atoms with Gasteiger partial charge in [0.15, 0.2) is 10.9 Å². The van der Waals surface area contributed by atoms with E-state index >= 15 is 0 Å². The van der Waals surface area contributed by atoms with E-state index in [1.54, 1.807) is 35.9 Å². The molecule has 0 aliphatic rings. The molecule has 0 atom stereocenters. The van der Waals surface area contributed by atoms with Crippen molar-refractivity contribution in [3.8, 4) is 16.3 Å². The first-order valence-electron chi connectivity index (χ1n) is 9.61. The fourth-order valence-corrected chi connectivity index (χ4v) is 3.93. The van der Waals surface area contributed by atoms with Crippen molar-refractivity contribution in [1.82, 2.24) is 30.4 Å². The van der Waals surface area contributed by atoms with Crippen LogP contribution >= 0.6 is 23.6 Å². The van der Waals surface area contributed by atoms with Gasteiger partial charge in [0.25, 0.3) is 5.91 Å². The number of hydrogen-bond donors (Lipinski definition) is 2. The Bertz CT molecular complexity index is 1220. The van der Waals surface area contributed by atoms with E-state index in [0.717, 1.165) is 33.3 Å². The van der Waals surface area contributed by atoms with Gasteiger partial charge in [-0.25, -0.2) is 0 Å². The first kappa shape index (κ1) is 20.9. The van der Waals surface area contributed by atoms with Crippen LogP contribution in [0.5, 0.6) is 5.75 Å². The molecule has 2 heterocycles. The molecule has 10 heteroatoms. The number of thiocarbonyl (C=S) groups is 1. The monoisotopic (exact) mass is 452 g/mol. The minimum atomic E-state index is -0.273. The summed E-state index contributed by atoms with van der Waals surface area (Å²) in [5.41, 5.74) is 2.55. The number of ether oxygens (including phenoxy) is 1. The van der Waals surface area contributed by atoms with Gasteiger partial charge >= 0.3 is 0 Å². The first-order valence-corrected chi connectivity index (χ1v) is 10.8. The largest absolute Gasteiger partial charge is 0.497 e. The second kappa shape index (κ2) is 9.19.